The SMILES string of the molecule is CC(C)(C)C1CCC(O)CC1.CC1(C)CC(O)C(O)[C@@H](O)C1.CC1(C)CC=C[C@@H](O)C1.CC1CCC(O)CC1.C[C@@H]1CCC(O)OC1.C[C@@H]1CC[C@@H](O)C1.C[C@@H]1CC[C@H](O)C1.C[C@H]1CCC(O)[C@@H](O)[C@H]1O.C[C@H]1CCCC(O)C1.OC1CCC(O)CC1.OC1CCC[C@H](O)C1.OC1CC[C@@H](O)CO1.OC1COC(O)C1.OC1COC(O)[C@H]1O.OC1OCC[C@@H]1O.O[C@@H]1C=CC(OCc2ccccc2)CC1.O[C@@H]1C=CCCC1. The molecule has 147 heavy (non-hydrogen) atoms. The lowest BCUT2D eigenvalue weighted by atomic mass is 9.72. The Labute approximate surface area is 880 Å². The monoisotopic (exact) mass is 2110 g/mol. The van der Waals surface area contributed by atoms with Gasteiger partial charge in [0, 0.05) is 19.3 Å². The topological polar surface area (TPSA) is 622 Å². The van der Waals surface area contributed by atoms with Gasteiger partial charge in [0.05, 0.1) is 156 Å². The van der Waals surface area contributed by atoms with E-state index >= 15 is 0 Å². The van der Waals surface area contributed by atoms with Gasteiger partial charge in [-0.05, 0) is 307 Å². The third-order valence-electron chi connectivity index (χ3n) is 29.4. The van der Waals surface area contributed by atoms with Gasteiger partial charge in [-0.15, -0.1) is 0 Å². The summed E-state index contributed by atoms with van der Waals surface area (Å²) >= 11 is 0. The smallest absolute Gasteiger partial charge is 0.183 e. The summed E-state index contributed by atoms with van der Waals surface area (Å²) < 4.78 is 28.9. The molecule has 34 heteroatoms. The average molecular weight is 2110 g/mol. The van der Waals surface area contributed by atoms with Crippen LogP contribution in [0.25, 0.3) is 0 Å². The van der Waals surface area contributed by atoms with Crippen LogP contribution in [0.2, 0.25) is 0 Å². The number of aliphatic hydroxyl groups is 28. The Balaban J connectivity index is 0.000000530. The zero-order valence-corrected chi connectivity index (χ0v) is 91.8. The molecular formula is C113H212O34. The van der Waals surface area contributed by atoms with E-state index in [9.17, 15) is 30.6 Å². The molecule has 28 N–H and O–H groups in total. The van der Waals surface area contributed by atoms with Crippen LogP contribution in [0.15, 0.2) is 66.8 Å². The fourth-order valence-corrected chi connectivity index (χ4v) is 19.3. The normalized spacial score (nSPS) is 38.8. The van der Waals surface area contributed by atoms with Crippen molar-refractivity contribution in [1.29, 1.82) is 0 Å². The lowest BCUT2D eigenvalue weighted by Crippen LogP contribution is -2.47. The first kappa shape index (κ1) is 140. The Hall–Kier alpha value is -2.92. The molecule has 34 nitrogen and oxygen atoms in total. The quantitative estimate of drug-likeness (QED) is 0.125. The third kappa shape index (κ3) is 70.4. The summed E-state index contributed by atoms with van der Waals surface area (Å²) in [5.41, 5.74) is 1.89. The first-order valence-corrected chi connectivity index (χ1v) is 55.8. The van der Waals surface area contributed by atoms with E-state index in [2.05, 4.69) is 102 Å². The summed E-state index contributed by atoms with van der Waals surface area (Å²) in [7, 11) is 0. The number of hydrogen-bond donors (Lipinski definition) is 28. The lowest BCUT2D eigenvalue weighted by molar-refractivity contribution is -0.155. The molecule has 0 bridgehead atoms. The van der Waals surface area contributed by atoms with Gasteiger partial charge in [0.25, 0.3) is 0 Å². The Morgan fingerprint density at radius 2 is 0.741 bits per heavy atom. The molecule has 18 rings (SSSR count). The summed E-state index contributed by atoms with van der Waals surface area (Å²) in [5, 5.41) is 250. The van der Waals surface area contributed by atoms with Gasteiger partial charge in [0.1, 0.15) is 30.5 Å². The lowest BCUT2D eigenvalue weighted by Gasteiger charge is -2.39. The van der Waals surface area contributed by atoms with Crippen LogP contribution in [-0.4, -0.2) is 354 Å². The van der Waals surface area contributed by atoms with Crippen molar-refractivity contribution in [2.45, 2.75) is 551 Å². The summed E-state index contributed by atoms with van der Waals surface area (Å²) in [5.74, 6) is 4.74. The highest BCUT2D eigenvalue weighted by molar-refractivity contribution is 5.14. The molecular weight excluding hydrogens is 1900 g/mol. The molecule has 13 unspecified atom stereocenters. The van der Waals surface area contributed by atoms with Gasteiger partial charge >= 0.3 is 0 Å². The molecule has 0 spiro atoms. The Morgan fingerprint density at radius 3 is 1.04 bits per heavy atom. The van der Waals surface area contributed by atoms with E-state index in [-0.39, 0.29) is 117 Å². The van der Waals surface area contributed by atoms with E-state index in [1.54, 1.807) is 0 Å². The number of benzene rings is 1. The van der Waals surface area contributed by atoms with Crippen LogP contribution in [0.5, 0.6) is 0 Å². The molecule has 5 saturated heterocycles. The molecule has 0 amide bonds. The zero-order chi connectivity index (χ0) is 111. The minimum Gasteiger partial charge on any atom is -0.393 e. The van der Waals surface area contributed by atoms with Crippen LogP contribution < -0.4 is 0 Å². The Kier molecular flexibility index (Phi) is 74.6. The van der Waals surface area contributed by atoms with Crippen LogP contribution in [0.4, 0.5) is 0 Å². The van der Waals surface area contributed by atoms with Crippen molar-refractivity contribution < 1.29 is 171 Å². The van der Waals surface area contributed by atoms with E-state index in [1.807, 2.05) is 69.4 Å². The summed E-state index contributed by atoms with van der Waals surface area (Å²) in [6, 6.07) is 10.1. The molecule has 30 atom stereocenters. The maximum atomic E-state index is 9.29. The van der Waals surface area contributed by atoms with Crippen molar-refractivity contribution >= 4 is 0 Å². The highest BCUT2D eigenvalue weighted by Crippen LogP contribution is 2.39. The van der Waals surface area contributed by atoms with Crippen molar-refractivity contribution in [3.63, 3.8) is 0 Å². The Morgan fingerprint density at radius 1 is 0.293 bits per heavy atom. The highest BCUT2D eigenvalue weighted by atomic mass is 16.6. The number of aliphatic hydroxyl groups excluding tert-OH is 28. The second-order valence-corrected chi connectivity index (χ2v) is 47.0. The molecule has 868 valence electrons. The molecule has 5 aliphatic heterocycles. The van der Waals surface area contributed by atoms with E-state index in [0.717, 1.165) is 210 Å². The van der Waals surface area contributed by atoms with Gasteiger partial charge in [-0.1, -0.05) is 170 Å². The second kappa shape index (κ2) is 78.3. The predicted octanol–water partition coefficient (Wildman–Crippen LogP) is 9.54. The van der Waals surface area contributed by atoms with Crippen LogP contribution in [0.3, 0.4) is 0 Å². The zero-order valence-electron chi connectivity index (χ0n) is 91.8. The Bertz CT molecular complexity index is 3070. The molecule has 9 saturated carbocycles. The van der Waals surface area contributed by atoms with Gasteiger partial charge in [0.15, 0.2) is 31.5 Å². The summed E-state index contributed by atoms with van der Waals surface area (Å²) in [6.07, 6.45) is 38.1. The first-order chi connectivity index (χ1) is 69.0. The highest BCUT2D eigenvalue weighted by Gasteiger charge is 2.40. The van der Waals surface area contributed by atoms with Crippen LogP contribution in [0, 0.1) is 57.7 Å². The molecule has 0 aromatic heterocycles. The number of allylic oxidation sites excluding steroid dienone is 2. The van der Waals surface area contributed by atoms with Crippen molar-refractivity contribution in [2.24, 2.45) is 57.7 Å². The molecule has 14 fully saturated rings. The second-order valence-electron chi connectivity index (χ2n) is 47.0. The molecule has 1 aromatic carbocycles. The molecule has 12 aliphatic carbocycles. The van der Waals surface area contributed by atoms with Gasteiger partial charge in [0.2, 0.25) is 0 Å². The van der Waals surface area contributed by atoms with Gasteiger partial charge in [-0.3, -0.25) is 0 Å². The molecule has 0 radical (unpaired) electrons. The summed E-state index contributed by atoms with van der Waals surface area (Å²) in [6.45, 7) is 30.5. The minimum absolute atomic E-state index is 0.00593. The van der Waals surface area contributed by atoms with Gasteiger partial charge in [-0.2, -0.15) is 0 Å². The largest absolute Gasteiger partial charge is 0.393 e. The average Bonchev–Trinajstić information content (AvgIpc) is 0.956. The molecule has 17 aliphatic rings. The number of rotatable bonds is 3. The summed E-state index contributed by atoms with van der Waals surface area (Å²) in [4.78, 5) is 0. The van der Waals surface area contributed by atoms with E-state index in [1.165, 1.54) is 56.9 Å². The van der Waals surface area contributed by atoms with Crippen molar-refractivity contribution in [2.75, 3.05) is 33.0 Å². The maximum Gasteiger partial charge on any atom is 0.183 e. The van der Waals surface area contributed by atoms with Crippen molar-refractivity contribution in [3.05, 3.63) is 72.4 Å². The van der Waals surface area contributed by atoms with Gasteiger partial charge < -0.3 is 171 Å². The third-order valence-corrected chi connectivity index (χ3v) is 29.4. The molecule has 1 aromatic rings. The van der Waals surface area contributed by atoms with Crippen LogP contribution in [0.1, 0.15) is 372 Å². The minimum atomic E-state index is -1.20. The first-order valence-electron chi connectivity index (χ1n) is 55.8. The van der Waals surface area contributed by atoms with Gasteiger partial charge in [-0.25, -0.2) is 0 Å². The number of ether oxygens (including phenoxy) is 6. The number of hydrogen-bond acceptors (Lipinski definition) is 34. The van der Waals surface area contributed by atoms with E-state index < -0.39 is 92.5 Å². The predicted molar refractivity (Wildman–Crippen MR) is 564 cm³/mol. The maximum absolute atomic E-state index is 9.29. The molecule has 5 heterocycles. The van der Waals surface area contributed by atoms with Crippen LogP contribution in [-0.2, 0) is 35.0 Å². The van der Waals surface area contributed by atoms with Crippen molar-refractivity contribution in [1.82, 2.24) is 0 Å². The van der Waals surface area contributed by atoms with Crippen molar-refractivity contribution in [3.8, 4) is 0 Å². The standard InChI is InChI=1S/C13H16O2.C10H20O.C8H16O3.C8H14O.C7H14O3.2C7H14O.3C6H12O2.2C6H12O.C6H10O.C5H10O3.C4H8O4.2C4H8O3/c14-12-6-8-13(9-7-12)15-10-11-4-2-1-3-5-11;1-10(2,3)8-4-6-9(11)7-5-8;1-8(2)3-5(9)7(11)6(10)4-8;1-8(2)5-3-4-7(9)6-8;1-4-2-3-5(8)7(10)6(4)9;1-6-2-4-7(8)5-3-6;1-6-3-2-4-7(8)5-6;1-5-2-3-6(7)8-4-5;7-5-1-2-6(8)4-3-5;7-5-2-1-3-6(8)4-5;2*1-5-2-3-6(7)4-5;7-6-4-2-1-3-5-6;6-4-1-2-5(7)8-3-4;5-2-1-8-4(7)3(2)6;5-3-1-4(6)7-2-3;5-3-1-2-7-4(3)6/h1-6,8,12-14H,7,9-10H2;8-9,11H,4-7H2,1-3H3;5-7,9-11H,3-4H2,1-2H3;3-4,7,9H,5-6H2,1-2H3;4-10H,2-3H2,1H3;2*6-8H,2-5H2,1H3;5-7H,2-4H2,1H3;2*5-8H,1-4H2;2*5-7H,2-4H2,1H3;2,4,6-7H,1,3,5H2;4-7H,1-3H2;2-7H,1H2;2*3-6H,1-2H2/t12-,13?;;5-,6?,7?;7-;4-,5?,6-,7+;;6-,7?;5-,6?;;5-,6?;5-,6+;5-,6-;6-;4-,5?;2?,3-,4?;;3-,4?/m1.010.01.011110.0/s1. The van der Waals surface area contributed by atoms with E-state index in [0.29, 0.717) is 81.3 Å². The fourth-order valence-electron chi connectivity index (χ4n) is 19.3. The van der Waals surface area contributed by atoms with E-state index in [4.69, 9.17) is 127 Å². The van der Waals surface area contributed by atoms with Crippen LogP contribution >= 0.6 is 0 Å². The fraction of sp³-hybridized carbons (Fsp3) is 0.894.